The van der Waals surface area contributed by atoms with Gasteiger partial charge >= 0.3 is 0 Å². The summed E-state index contributed by atoms with van der Waals surface area (Å²) in [6.07, 6.45) is 4.35. The molecule has 0 atom stereocenters. The van der Waals surface area contributed by atoms with Crippen molar-refractivity contribution in [3.05, 3.63) is 65.2 Å². The predicted molar refractivity (Wildman–Crippen MR) is 84.5 cm³/mol. The summed E-state index contributed by atoms with van der Waals surface area (Å²) in [4.78, 5) is 17.5. The smallest absolute Gasteiger partial charge is 0.277 e. The van der Waals surface area contributed by atoms with E-state index < -0.39 is 5.91 Å². The van der Waals surface area contributed by atoms with Gasteiger partial charge < -0.3 is 10.4 Å². The van der Waals surface area contributed by atoms with E-state index in [0.717, 1.165) is 0 Å². The lowest BCUT2D eigenvalue weighted by Crippen LogP contribution is -2.14. The van der Waals surface area contributed by atoms with Crippen LogP contribution in [0.5, 0.6) is 0 Å². The van der Waals surface area contributed by atoms with Crippen molar-refractivity contribution < 1.29 is 9.90 Å². The number of nitrogens with zero attached hydrogens (tertiary/aromatic N) is 4. The molecular weight excluding hydrogens is 318 g/mol. The highest BCUT2D eigenvalue weighted by atomic mass is 35.5. The Morgan fingerprint density at radius 3 is 2.96 bits per heavy atom. The lowest BCUT2D eigenvalue weighted by molar-refractivity contribution is 0.102. The molecule has 0 fully saturated rings. The molecule has 0 saturated heterocycles. The van der Waals surface area contributed by atoms with Gasteiger partial charge in [0.1, 0.15) is 0 Å². The van der Waals surface area contributed by atoms with Gasteiger partial charge in [-0.25, -0.2) is 0 Å². The Labute approximate surface area is 136 Å². The highest BCUT2D eigenvalue weighted by Gasteiger charge is 2.13. The predicted octanol–water partition coefficient (Wildman–Crippen LogP) is 2.06. The summed E-state index contributed by atoms with van der Waals surface area (Å²) in [5.74, 6) is -0.444. The Bertz CT molecular complexity index is 849. The largest absolute Gasteiger partial charge is 0.392 e. The zero-order chi connectivity index (χ0) is 16.2. The SMILES string of the molecule is O=C(Nc1cnccc1CO)c1cnn(-c2cccc(Cl)c2)n1. The van der Waals surface area contributed by atoms with Crippen LogP contribution in [0.15, 0.2) is 48.9 Å². The van der Waals surface area contributed by atoms with Gasteiger partial charge in [-0.15, -0.1) is 5.10 Å². The Kier molecular flexibility index (Phi) is 4.31. The molecule has 8 heteroatoms. The van der Waals surface area contributed by atoms with Crippen LogP contribution < -0.4 is 5.32 Å². The van der Waals surface area contributed by atoms with Crippen LogP contribution in [-0.4, -0.2) is 31.0 Å². The van der Waals surface area contributed by atoms with Gasteiger partial charge in [-0.3, -0.25) is 9.78 Å². The van der Waals surface area contributed by atoms with Gasteiger partial charge in [0, 0.05) is 16.8 Å². The summed E-state index contributed by atoms with van der Waals surface area (Å²) in [7, 11) is 0. The average molecular weight is 330 g/mol. The van der Waals surface area contributed by atoms with E-state index in [1.807, 2.05) is 0 Å². The maximum Gasteiger partial charge on any atom is 0.277 e. The van der Waals surface area contributed by atoms with E-state index >= 15 is 0 Å². The number of aliphatic hydroxyl groups excluding tert-OH is 1. The molecule has 3 rings (SSSR count). The van der Waals surface area contributed by atoms with E-state index in [-0.39, 0.29) is 12.3 Å². The third-order valence-electron chi connectivity index (χ3n) is 3.09. The fourth-order valence-corrected chi connectivity index (χ4v) is 2.14. The van der Waals surface area contributed by atoms with Gasteiger partial charge in [0.15, 0.2) is 5.69 Å². The van der Waals surface area contributed by atoms with Crippen LogP contribution in [0, 0.1) is 0 Å². The van der Waals surface area contributed by atoms with Gasteiger partial charge in [0.25, 0.3) is 5.91 Å². The minimum absolute atomic E-state index is 0.137. The molecule has 1 aromatic carbocycles. The summed E-state index contributed by atoms with van der Waals surface area (Å²) in [5, 5.41) is 20.6. The molecule has 0 spiro atoms. The van der Waals surface area contributed by atoms with Gasteiger partial charge in [0.2, 0.25) is 0 Å². The van der Waals surface area contributed by atoms with Crippen LogP contribution in [0.25, 0.3) is 5.69 Å². The zero-order valence-electron chi connectivity index (χ0n) is 11.8. The minimum atomic E-state index is -0.444. The van der Waals surface area contributed by atoms with Gasteiger partial charge in [-0.2, -0.15) is 9.90 Å². The highest BCUT2D eigenvalue weighted by molar-refractivity contribution is 6.30. The fourth-order valence-electron chi connectivity index (χ4n) is 1.95. The van der Waals surface area contributed by atoms with Crippen LogP contribution in [0.3, 0.4) is 0 Å². The van der Waals surface area contributed by atoms with E-state index in [2.05, 4.69) is 20.5 Å². The second-order valence-corrected chi connectivity index (χ2v) is 5.08. The number of hydrogen-bond donors (Lipinski definition) is 2. The summed E-state index contributed by atoms with van der Waals surface area (Å²) in [5.41, 5.74) is 1.78. The van der Waals surface area contributed by atoms with Crippen LogP contribution >= 0.6 is 11.6 Å². The molecule has 0 aliphatic heterocycles. The maximum absolute atomic E-state index is 12.2. The van der Waals surface area contributed by atoms with E-state index in [1.165, 1.54) is 23.4 Å². The first-order valence-electron chi connectivity index (χ1n) is 6.71. The molecule has 0 bridgehead atoms. The summed E-state index contributed by atoms with van der Waals surface area (Å²) in [6.45, 7) is -0.201. The molecule has 0 aliphatic carbocycles. The summed E-state index contributed by atoms with van der Waals surface area (Å²) < 4.78 is 0. The fraction of sp³-hybridized carbons (Fsp3) is 0.0667. The highest BCUT2D eigenvalue weighted by Crippen LogP contribution is 2.15. The van der Waals surface area contributed by atoms with Gasteiger partial charge in [-0.1, -0.05) is 17.7 Å². The molecule has 116 valence electrons. The van der Waals surface area contributed by atoms with Crippen LogP contribution in [0.2, 0.25) is 5.02 Å². The average Bonchev–Trinajstić information content (AvgIpc) is 3.05. The van der Waals surface area contributed by atoms with Crippen molar-refractivity contribution in [2.75, 3.05) is 5.32 Å². The number of nitrogens with one attached hydrogen (secondary N) is 1. The number of pyridine rings is 1. The monoisotopic (exact) mass is 329 g/mol. The van der Waals surface area contributed by atoms with Crippen molar-refractivity contribution in [3.63, 3.8) is 0 Å². The Balaban J connectivity index is 1.81. The Hall–Kier alpha value is -2.77. The molecule has 3 aromatic rings. The molecule has 1 amide bonds. The summed E-state index contributed by atoms with van der Waals surface area (Å²) in [6, 6.07) is 8.59. The third kappa shape index (κ3) is 3.36. The quantitative estimate of drug-likeness (QED) is 0.764. The van der Waals surface area contributed by atoms with E-state index in [9.17, 15) is 9.90 Å². The number of aromatic nitrogens is 4. The second-order valence-electron chi connectivity index (χ2n) is 4.64. The van der Waals surface area contributed by atoms with Crippen LogP contribution in [0.1, 0.15) is 16.1 Å². The zero-order valence-corrected chi connectivity index (χ0v) is 12.6. The van der Waals surface area contributed by atoms with Gasteiger partial charge in [-0.05, 0) is 24.3 Å². The Morgan fingerprint density at radius 1 is 1.30 bits per heavy atom. The van der Waals surface area contributed by atoms with E-state index in [0.29, 0.717) is 22.0 Å². The Morgan fingerprint density at radius 2 is 2.17 bits per heavy atom. The standard InChI is InChI=1S/C15H12ClN5O2/c16-11-2-1-3-12(6-11)21-18-8-14(20-21)15(23)19-13-7-17-5-4-10(13)9-22/h1-8,22H,9H2,(H,19,23). The maximum atomic E-state index is 12.2. The molecule has 2 aromatic heterocycles. The topological polar surface area (TPSA) is 92.9 Å². The first kappa shape index (κ1) is 15.1. The molecular formula is C15H12ClN5O2. The first-order valence-corrected chi connectivity index (χ1v) is 7.08. The number of halogens is 1. The molecule has 0 unspecified atom stereocenters. The number of carbonyl (C=O) groups is 1. The number of carbonyl (C=O) groups excluding carboxylic acids is 1. The van der Waals surface area contributed by atoms with E-state index in [1.54, 1.807) is 30.3 Å². The number of amides is 1. The molecule has 0 aliphatic rings. The number of aliphatic hydroxyl groups is 1. The number of benzene rings is 1. The number of rotatable bonds is 4. The summed E-state index contributed by atoms with van der Waals surface area (Å²) >= 11 is 5.93. The van der Waals surface area contributed by atoms with Crippen molar-refractivity contribution in [2.24, 2.45) is 0 Å². The molecule has 23 heavy (non-hydrogen) atoms. The van der Waals surface area contributed by atoms with Crippen LogP contribution in [-0.2, 0) is 6.61 Å². The molecule has 0 radical (unpaired) electrons. The second kappa shape index (κ2) is 6.55. The normalized spacial score (nSPS) is 10.5. The molecule has 0 saturated carbocycles. The lowest BCUT2D eigenvalue weighted by Gasteiger charge is -2.06. The van der Waals surface area contributed by atoms with Crippen molar-refractivity contribution in [2.45, 2.75) is 6.61 Å². The van der Waals surface area contributed by atoms with Crippen molar-refractivity contribution in [3.8, 4) is 5.69 Å². The van der Waals surface area contributed by atoms with Gasteiger partial charge in [0.05, 0.1) is 30.4 Å². The molecule has 2 heterocycles. The van der Waals surface area contributed by atoms with Crippen molar-refractivity contribution in [1.82, 2.24) is 20.0 Å². The van der Waals surface area contributed by atoms with E-state index in [4.69, 9.17) is 11.6 Å². The number of anilines is 1. The molecule has 7 nitrogen and oxygen atoms in total. The third-order valence-corrected chi connectivity index (χ3v) is 3.33. The minimum Gasteiger partial charge on any atom is -0.392 e. The molecule has 2 N–H and O–H groups in total. The van der Waals surface area contributed by atoms with Crippen molar-refractivity contribution in [1.29, 1.82) is 0 Å². The first-order chi connectivity index (χ1) is 11.2. The van der Waals surface area contributed by atoms with Crippen molar-refractivity contribution >= 4 is 23.2 Å². The number of hydrogen-bond acceptors (Lipinski definition) is 5. The lowest BCUT2D eigenvalue weighted by atomic mass is 10.2. The van der Waals surface area contributed by atoms with Crippen LogP contribution in [0.4, 0.5) is 5.69 Å².